The van der Waals surface area contributed by atoms with Crippen LogP contribution in [0.3, 0.4) is 0 Å². The van der Waals surface area contributed by atoms with Crippen molar-refractivity contribution in [3.63, 3.8) is 0 Å². The number of allylic oxidation sites excluding steroid dienone is 2. The van der Waals surface area contributed by atoms with E-state index in [0.717, 1.165) is 41.9 Å². The summed E-state index contributed by atoms with van der Waals surface area (Å²) in [6.45, 7) is 1.52. The lowest BCUT2D eigenvalue weighted by molar-refractivity contribution is -0.763. The maximum absolute atomic E-state index is 13.8. The zero-order valence-electron chi connectivity index (χ0n) is 37.8. The van der Waals surface area contributed by atoms with Gasteiger partial charge in [0.1, 0.15) is 77.9 Å². The molecule has 4 aliphatic heterocycles. The number of ether oxygens (including phenoxy) is 1. The van der Waals surface area contributed by atoms with Gasteiger partial charge in [-0.3, -0.25) is 19.5 Å². The molecule has 2 aliphatic carbocycles. The fraction of sp³-hybridized carbons (Fsp3) is 0.471. The molecule has 5 heterocycles. The molecule has 6 aliphatic rings. The summed E-state index contributed by atoms with van der Waals surface area (Å²) in [7, 11) is 0. The van der Waals surface area contributed by atoms with Crippen LogP contribution in [0.2, 0.25) is 0 Å². The molecule has 2 fully saturated rings. The summed E-state index contributed by atoms with van der Waals surface area (Å²) in [5.74, 6) is 0.153. The second kappa shape index (κ2) is 18.5. The van der Waals surface area contributed by atoms with E-state index in [1.165, 1.54) is 36.4 Å². The quantitative estimate of drug-likeness (QED) is 0.0465. The molecule has 17 nitrogen and oxygen atoms in total. The van der Waals surface area contributed by atoms with Gasteiger partial charge in [0.15, 0.2) is 11.2 Å². The molecule has 0 radical (unpaired) electrons. The van der Waals surface area contributed by atoms with Gasteiger partial charge >= 0.3 is 0 Å². The van der Waals surface area contributed by atoms with E-state index in [1.54, 1.807) is 19.2 Å². The molecule has 10 rings (SSSR count). The summed E-state index contributed by atoms with van der Waals surface area (Å²) in [4.78, 5) is 44.7. The standard InChI is InChI=1S/C51H58N4O13/c1-27-14-41(59)38-15-31-16-43(68-65-26-50(64,49(63)46(62)42(60)25-56)19-29-7-11-40(58)36-10-9-35(57)18-37(29)36)51(67-47(31)45(48(38)66-27)55-23-30-12-13-52-39(30)24-55)20-28(32-17-44(61)54-21-32)6-8-33(51)22-53-34-4-2-3-5-34/h6-15,18,24,28,32-34,42-43,46,49,53,56-58,60,62-64H,2-5,16-17,19-23,25-26H2,1H3,(H,54,61)/p+1. The second-order valence-corrected chi connectivity index (χ2v) is 19.6. The number of carbonyl (C=O) groups excluding carboxylic acids is 1. The topological polar surface area (TPSA) is 257 Å². The van der Waals surface area contributed by atoms with E-state index < -0.39 is 55.3 Å². The molecule has 68 heavy (non-hydrogen) atoms. The van der Waals surface area contributed by atoms with E-state index >= 15 is 0 Å². The van der Waals surface area contributed by atoms with E-state index in [9.17, 15) is 45.3 Å². The summed E-state index contributed by atoms with van der Waals surface area (Å²) in [6, 6.07) is 10.7. The maximum Gasteiger partial charge on any atom is 0.222 e. The van der Waals surface area contributed by atoms with Gasteiger partial charge in [-0.25, -0.2) is 9.78 Å². The third-order valence-electron chi connectivity index (χ3n) is 15.1. The molecule has 4 aromatic rings. The van der Waals surface area contributed by atoms with Gasteiger partial charge in [0, 0.05) is 73.1 Å². The Bertz CT molecular complexity index is 2800. The third-order valence-corrected chi connectivity index (χ3v) is 15.1. The molecule has 1 saturated heterocycles. The van der Waals surface area contributed by atoms with Crippen LogP contribution in [0.25, 0.3) is 21.7 Å². The number of quaternary nitrogens is 1. The Labute approximate surface area is 391 Å². The normalized spacial score (nSPS) is 27.7. The highest BCUT2D eigenvalue weighted by atomic mass is 17.2. The molecule has 10 N–H and O–H groups in total. The number of aliphatic hydroxyl groups excluding tert-OH is 4. The van der Waals surface area contributed by atoms with E-state index in [4.69, 9.17) is 18.9 Å². The van der Waals surface area contributed by atoms with E-state index in [0.29, 0.717) is 88.6 Å². The molecule has 1 spiro atoms. The van der Waals surface area contributed by atoms with Gasteiger partial charge in [0.2, 0.25) is 17.2 Å². The number of fused-ring (bicyclic) bond motifs is 4. The SMILES string of the molecule is Cc1cc(=O)c2cc3c(c([NH+]4C=C5N=CC=C5C4)c2o1)OC1(CC(C2CNC(=O)C2)C=CC1CNC1CCCC1)C(OOCC(O)(Cc1ccc(O)c2ccc(O)cc12)C(O)C(O)C(O)CO)C3. The van der Waals surface area contributed by atoms with Crippen molar-refractivity contribution in [3.05, 3.63) is 105 Å². The Hall–Kier alpha value is -5.47. The number of aromatic hydroxyl groups is 2. The molecular weight excluding hydrogens is 877 g/mol. The van der Waals surface area contributed by atoms with Crippen molar-refractivity contribution in [3.8, 4) is 17.2 Å². The van der Waals surface area contributed by atoms with Gasteiger partial charge in [0.25, 0.3) is 0 Å². The lowest BCUT2D eigenvalue weighted by Gasteiger charge is -2.51. The van der Waals surface area contributed by atoms with Gasteiger partial charge in [-0.05, 0) is 85.4 Å². The Balaban J connectivity index is 1.07. The monoisotopic (exact) mass is 935 g/mol. The maximum atomic E-state index is 13.8. The van der Waals surface area contributed by atoms with Gasteiger partial charge in [-0.1, -0.05) is 31.1 Å². The van der Waals surface area contributed by atoms with Crippen molar-refractivity contribution >= 4 is 39.6 Å². The molecule has 10 atom stereocenters. The number of aliphatic hydroxyl groups is 5. The van der Waals surface area contributed by atoms with Crippen LogP contribution in [0.15, 0.2) is 92.4 Å². The molecule has 17 heteroatoms. The van der Waals surface area contributed by atoms with Crippen LogP contribution in [0.1, 0.15) is 55.4 Å². The molecule has 1 aromatic heterocycles. The number of nitrogens with zero attached hydrogens (tertiary/aromatic N) is 1. The van der Waals surface area contributed by atoms with E-state index in [-0.39, 0.29) is 47.0 Å². The van der Waals surface area contributed by atoms with Crippen molar-refractivity contribution in [2.75, 3.05) is 32.8 Å². The molecule has 3 aromatic carbocycles. The minimum atomic E-state index is -2.43. The van der Waals surface area contributed by atoms with Crippen LogP contribution in [0.5, 0.6) is 17.2 Å². The van der Waals surface area contributed by atoms with E-state index in [1.807, 2.05) is 12.3 Å². The van der Waals surface area contributed by atoms with Gasteiger partial charge in [0.05, 0.1) is 12.0 Å². The Morgan fingerprint density at radius 3 is 2.62 bits per heavy atom. The Morgan fingerprint density at radius 1 is 1.03 bits per heavy atom. The molecule has 1 saturated carbocycles. The number of amides is 1. The Kier molecular flexibility index (Phi) is 12.6. The third kappa shape index (κ3) is 8.54. The number of benzene rings is 3. The average molecular weight is 936 g/mol. The fourth-order valence-corrected chi connectivity index (χ4v) is 11.4. The van der Waals surface area contributed by atoms with Crippen LogP contribution in [-0.2, 0) is 27.4 Å². The second-order valence-electron chi connectivity index (χ2n) is 19.6. The van der Waals surface area contributed by atoms with Gasteiger partial charge in [-0.2, -0.15) is 0 Å². The molecule has 360 valence electrons. The van der Waals surface area contributed by atoms with Crippen LogP contribution >= 0.6 is 0 Å². The highest BCUT2D eigenvalue weighted by Crippen LogP contribution is 2.51. The van der Waals surface area contributed by atoms with Gasteiger partial charge in [-0.15, -0.1) is 0 Å². The number of phenolic OH excluding ortho intramolecular Hbond substituents is 2. The summed E-state index contributed by atoms with van der Waals surface area (Å²) in [5.41, 5.74) is -0.0181. The predicted molar refractivity (Wildman–Crippen MR) is 248 cm³/mol. The molecular formula is C51H59N4O13+. The number of phenols is 2. The minimum absolute atomic E-state index is 0.0381. The van der Waals surface area contributed by atoms with Crippen molar-refractivity contribution in [1.82, 2.24) is 10.6 Å². The fourth-order valence-electron chi connectivity index (χ4n) is 11.4. The summed E-state index contributed by atoms with van der Waals surface area (Å²) in [5, 5.41) is 84.5. The average Bonchev–Trinajstić information content (AvgIpc) is 4.16. The van der Waals surface area contributed by atoms with Gasteiger partial charge < -0.3 is 55.5 Å². The van der Waals surface area contributed by atoms with Crippen molar-refractivity contribution in [1.29, 1.82) is 0 Å². The number of aryl methyl sites for hydroxylation is 1. The number of hydrogen-bond acceptors (Lipinski definition) is 15. The number of nitrogens with one attached hydrogen (secondary N) is 3. The van der Waals surface area contributed by atoms with E-state index in [2.05, 4.69) is 27.8 Å². The van der Waals surface area contributed by atoms with Crippen molar-refractivity contribution in [2.24, 2.45) is 22.7 Å². The largest absolute Gasteiger partial charge is 0.508 e. The predicted octanol–water partition coefficient (Wildman–Crippen LogP) is 1.95. The van der Waals surface area contributed by atoms with Crippen LogP contribution in [0, 0.1) is 24.7 Å². The zero-order chi connectivity index (χ0) is 47.5. The Morgan fingerprint density at radius 2 is 1.85 bits per heavy atom. The first-order valence-corrected chi connectivity index (χ1v) is 23.6. The number of aliphatic imine (C=N–C) groups is 1. The first kappa shape index (κ1) is 46.3. The van der Waals surface area contributed by atoms with Crippen molar-refractivity contribution < 1.29 is 64.4 Å². The lowest BCUT2D eigenvalue weighted by Crippen LogP contribution is -3.01. The first-order chi connectivity index (χ1) is 32.7. The van der Waals surface area contributed by atoms with Crippen LogP contribution in [0.4, 0.5) is 5.69 Å². The molecule has 10 unspecified atom stereocenters. The first-order valence-electron chi connectivity index (χ1n) is 23.6. The molecule has 1 amide bonds. The number of carbonyl (C=O) groups is 1. The highest BCUT2D eigenvalue weighted by molar-refractivity contribution is 5.92. The lowest BCUT2D eigenvalue weighted by atomic mass is 9.66. The van der Waals surface area contributed by atoms with Crippen LogP contribution in [-0.4, -0.2) is 122 Å². The highest BCUT2D eigenvalue weighted by Gasteiger charge is 2.57. The number of hydrogen-bond donors (Lipinski definition) is 10. The van der Waals surface area contributed by atoms with Crippen LogP contribution < -0.4 is 25.7 Å². The summed E-state index contributed by atoms with van der Waals surface area (Å²) < 4.78 is 14.1. The zero-order valence-corrected chi connectivity index (χ0v) is 37.8. The summed E-state index contributed by atoms with van der Waals surface area (Å²) in [6.07, 6.45) is 7.77. The molecule has 0 bridgehead atoms. The minimum Gasteiger partial charge on any atom is -0.508 e. The number of rotatable bonds is 15. The van der Waals surface area contributed by atoms with Crippen molar-refractivity contribution in [2.45, 2.75) is 100.0 Å². The summed E-state index contributed by atoms with van der Waals surface area (Å²) >= 11 is 0. The smallest absolute Gasteiger partial charge is 0.222 e.